The molecule has 1 aromatic rings. The number of nitrogens with zero attached hydrogens (tertiary/aromatic N) is 1. The molecule has 0 saturated carbocycles. The maximum absolute atomic E-state index is 11.6. The smallest absolute Gasteiger partial charge is 0.243 e. The first kappa shape index (κ1) is 12.2. The minimum Gasteiger partial charge on any atom is -0.329 e. The van der Waals surface area contributed by atoms with Crippen molar-refractivity contribution in [2.45, 2.75) is 19.0 Å². The Labute approximate surface area is 104 Å². The van der Waals surface area contributed by atoms with Crippen molar-refractivity contribution in [1.82, 2.24) is 10.2 Å². The lowest BCUT2D eigenvalue weighted by atomic mass is 10.0. The predicted molar refractivity (Wildman–Crippen MR) is 65.4 cm³/mol. The Bertz CT molecular complexity index is 418. The van der Waals surface area contributed by atoms with Crippen LogP contribution in [0.2, 0.25) is 0 Å². The van der Waals surface area contributed by atoms with E-state index in [-0.39, 0.29) is 30.4 Å². The van der Waals surface area contributed by atoms with Crippen LogP contribution in [-0.2, 0) is 9.59 Å². The summed E-state index contributed by atoms with van der Waals surface area (Å²) >= 11 is 1.58. The van der Waals surface area contributed by atoms with Crippen LogP contribution in [0.3, 0.4) is 0 Å². The average molecular weight is 253 g/mol. The van der Waals surface area contributed by atoms with Gasteiger partial charge in [0, 0.05) is 12.6 Å². The van der Waals surface area contributed by atoms with Gasteiger partial charge in [-0.1, -0.05) is 0 Å². The van der Waals surface area contributed by atoms with E-state index in [1.807, 2.05) is 21.7 Å². The van der Waals surface area contributed by atoms with Gasteiger partial charge in [0.2, 0.25) is 11.8 Å². The van der Waals surface area contributed by atoms with Gasteiger partial charge in [0.1, 0.15) is 0 Å². The number of carbonyl (C=O) groups is 2. The zero-order chi connectivity index (χ0) is 12.4. The molecule has 2 amide bonds. The molecule has 2 heterocycles. The molecule has 1 aliphatic rings. The van der Waals surface area contributed by atoms with Gasteiger partial charge in [0.05, 0.1) is 12.6 Å². The fourth-order valence-electron chi connectivity index (χ4n) is 2.04. The van der Waals surface area contributed by atoms with Gasteiger partial charge < -0.3 is 5.73 Å². The Balaban J connectivity index is 2.24. The van der Waals surface area contributed by atoms with Gasteiger partial charge in [0.15, 0.2) is 0 Å². The van der Waals surface area contributed by atoms with Crippen LogP contribution in [0.25, 0.3) is 0 Å². The summed E-state index contributed by atoms with van der Waals surface area (Å²) in [4.78, 5) is 24.9. The van der Waals surface area contributed by atoms with E-state index in [4.69, 9.17) is 5.73 Å². The van der Waals surface area contributed by atoms with E-state index in [2.05, 4.69) is 5.32 Å². The van der Waals surface area contributed by atoms with Gasteiger partial charge >= 0.3 is 0 Å². The monoisotopic (exact) mass is 253 g/mol. The summed E-state index contributed by atoms with van der Waals surface area (Å²) in [5.41, 5.74) is 6.83. The third-order valence-electron chi connectivity index (χ3n) is 3.02. The fourth-order valence-corrected chi connectivity index (χ4v) is 2.75. The van der Waals surface area contributed by atoms with Gasteiger partial charge in [-0.15, -0.1) is 0 Å². The predicted octanol–water partition coefficient (Wildman–Crippen LogP) is 0.0948. The number of hydrogen-bond acceptors (Lipinski definition) is 5. The molecule has 2 rings (SSSR count). The lowest BCUT2D eigenvalue weighted by Crippen LogP contribution is -2.58. The summed E-state index contributed by atoms with van der Waals surface area (Å²) in [6.07, 6.45) is 0. The fraction of sp³-hybridized carbons (Fsp3) is 0.455. The van der Waals surface area contributed by atoms with E-state index in [1.54, 1.807) is 18.3 Å². The van der Waals surface area contributed by atoms with Crippen LogP contribution in [0.5, 0.6) is 0 Å². The number of carbonyl (C=O) groups excluding carboxylic acids is 2. The van der Waals surface area contributed by atoms with Crippen LogP contribution in [0.1, 0.15) is 18.5 Å². The molecule has 92 valence electrons. The van der Waals surface area contributed by atoms with Crippen LogP contribution >= 0.6 is 11.3 Å². The molecule has 1 saturated heterocycles. The molecule has 17 heavy (non-hydrogen) atoms. The van der Waals surface area contributed by atoms with Gasteiger partial charge in [-0.2, -0.15) is 11.3 Å². The van der Waals surface area contributed by atoms with Gasteiger partial charge in [0.25, 0.3) is 0 Å². The molecule has 0 radical (unpaired) electrons. The number of nitrogens with one attached hydrogen (secondary N) is 1. The van der Waals surface area contributed by atoms with Crippen molar-refractivity contribution < 1.29 is 9.59 Å². The number of imide groups is 1. The lowest BCUT2D eigenvalue weighted by molar-refractivity contribution is -0.140. The molecule has 6 heteroatoms. The molecule has 0 aliphatic carbocycles. The molecule has 0 spiro atoms. The van der Waals surface area contributed by atoms with Crippen molar-refractivity contribution in [3.63, 3.8) is 0 Å². The summed E-state index contributed by atoms with van der Waals surface area (Å²) in [5.74, 6) is -0.517. The number of thiophene rings is 1. The first-order valence-corrected chi connectivity index (χ1v) is 6.39. The van der Waals surface area contributed by atoms with Crippen LogP contribution in [0.4, 0.5) is 0 Å². The number of nitrogens with two attached hydrogens (primary N) is 1. The Kier molecular flexibility index (Phi) is 3.56. The Hall–Kier alpha value is -1.24. The molecule has 2 atom stereocenters. The zero-order valence-corrected chi connectivity index (χ0v) is 10.4. The summed E-state index contributed by atoms with van der Waals surface area (Å²) < 4.78 is 0. The highest BCUT2D eigenvalue weighted by Crippen LogP contribution is 2.25. The molecule has 1 aliphatic heterocycles. The van der Waals surface area contributed by atoms with E-state index < -0.39 is 0 Å². The largest absolute Gasteiger partial charge is 0.329 e. The van der Waals surface area contributed by atoms with E-state index in [0.717, 1.165) is 5.56 Å². The third-order valence-corrected chi connectivity index (χ3v) is 3.72. The molecular formula is C11H15N3O2S. The van der Waals surface area contributed by atoms with E-state index in [0.29, 0.717) is 6.54 Å². The van der Waals surface area contributed by atoms with Crippen LogP contribution in [0.15, 0.2) is 16.8 Å². The molecule has 1 fully saturated rings. The van der Waals surface area contributed by atoms with Crippen molar-refractivity contribution in [3.8, 4) is 0 Å². The first-order chi connectivity index (χ1) is 8.13. The maximum atomic E-state index is 11.6. The second-order valence-electron chi connectivity index (χ2n) is 4.07. The van der Waals surface area contributed by atoms with Crippen molar-refractivity contribution in [2.75, 3.05) is 13.1 Å². The third kappa shape index (κ3) is 2.38. The minimum absolute atomic E-state index is 0.0775. The first-order valence-electron chi connectivity index (χ1n) is 5.45. The topological polar surface area (TPSA) is 75.4 Å². The average Bonchev–Trinajstić information content (AvgIpc) is 2.79. The summed E-state index contributed by atoms with van der Waals surface area (Å²) in [6.45, 7) is 2.39. The molecule has 2 unspecified atom stereocenters. The highest BCUT2D eigenvalue weighted by Gasteiger charge is 2.35. The normalized spacial score (nSPS) is 23.5. The van der Waals surface area contributed by atoms with Crippen LogP contribution < -0.4 is 11.1 Å². The van der Waals surface area contributed by atoms with Crippen molar-refractivity contribution >= 4 is 23.2 Å². The van der Waals surface area contributed by atoms with Gasteiger partial charge in [-0.3, -0.25) is 19.8 Å². The molecule has 5 nitrogen and oxygen atoms in total. The van der Waals surface area contributed by atoms with Crippen LogP contribution in [0, 0.1) is 0 Å². The van der Waals surface area contributed by atoms with E-state index in [9.17, 15) is 9.59 Å². The Morgan fingerprint density at radius 1 is 1.65 bits per heavy atom. The minimum atomic E-state index is -0.332. The highest BCUT2D eigenvalue weighted by atomic mass is 32.1. The number of piperazine rings is 1. The van der Waals surface area contributed by atoms with E-state index in [1.165, 1.54) is 0 Å². The summed E-state index contributed by atoms with van der Waals surface area (Å²) in [5, 5.41) is 6.29. The van der Waals surface area contributed by atoms with E-state index >= 15 is 0 Å². The summed E-state index contributed by atoms with van der Waals surface area (Å²) in [7, 11) is 0. The Morgan fingerprint density at radius 3 is 3.00 bits per heavy atom. The number of amides is 2. The Morgan fingerprint density at radius 2 is 2.41 bits per heavy atom. The SMILES string of the molecule is CC1C(=O)NC(=O)CN1C(CN)c1ccsc1. The molecule has 0 bridgehead atoms. The summed E-state index contributed by atoms with van der Waals surface area (Å²) in [6, 6.07) is 1.57. The second-order valence-corrected chi connectivity index (χ2v) is 4.85. The molecular weight excluding hydrogens is 238 g/mol. The van der Waals surface area contributed by atoms with Crippen molar-refractivity contribution in [1.29, 1.82) is 0 Å². The van der Waals surface area contributed by atoms with Gasteiger partial charge in [-0.05, 0) is 29.3 Å². The van der Waals surface area contributed by atoms with Crippen LogP contribution in [-0.4, -0.2) is 35.8 Å². The zero-order valence-electron chi connectivity index (χ0n) is 9.55. The molecule has 1 aromatic heterocycles. The lowest BCUT2D eigenvalue weighted by Gasteiger charge is -2.37. The molecule has 0 aromatic carbocycles. The number of rotatable bonds is 3. The second kappa shape index (κ2) is 4.95. The highest BCUT2D eigenvalue weighted by molar-refractivity contribution is 7.07. The molecule has 3 N–H and O–H groups in total. The quantitative estimate of drug-likeness (QED) is 0.749. The maximum Gasteiger partial charge on any atom is 0.243 e. The number of hydrogen-bond donors (Lipinski definition) is 2. The van der Waals surface area contributed by atoms with Crippen molar-refractivity contribution in [2.24, 2.45) is 5.73 Å². The standard InChI is InChI=1S/C11H15N3O2S/c1-7-11(16)13-10(15)5-14(7)9(4-12)8-2-3-17-6-8/h2-3,6-7,9H,4-5,12H2,1H3,(H,13,15,16). The van der Waals surface area contributed by atoms with Gasteiger partial charge in [-0.25, -0.2) is 0 Å². The van der Waals surface area contributed by atoms with Crippen molar-refractivity contribution in [3.05, 3.63) is 22.4 Å².